The number of carboxylic acid groups (broad SMARTS) is 1. The van der Waals surface area contributed by atoms with Gasteiger partial charge in [-0.3, -0.25) is 0 Å². The lowest BCUT2D eigenvalue weighted by atomic mass is 9.90. The van der Waals surface area contributed by atoms with E-state index in [-0.39, 0.29) is 24.9 Å². The molecule has 136 valence electrons. The third-order valence-electron chi connectivity index (χ3n) is 4.82. The minimum absolute atomic E-state index is 0.0268. The summed E-state index contributed by atoms with van der Waals surface area (Å²) in [7, 11) is 0. The molecular formula is C21H23NO4. The summed E-state index contributed by atoms with van der Waals surface area (Å²) in [5.41, 5.74) is 8.24. The van der Waals surface area contributed by atoms with Crippen LogP contribution in [-0.2, 0) is 14.3 Å². The highest BCUT2D eigenvalue weighted by Crippen LogP contribution is 2.44. The van der Waals surface area contributed by atoms with E-state index in [1.165, 1.54) is 0 Å². The molecule has 0 amide bonds. The average Bonchev–Trinajstić information content (AvgIpc) is 2.93. The highest BCUT2D eigenvalue weighted by Gasteiger charge is 2.45. The van der Waals surface area contributed by atoms with Gasteiger partial charge in [0, 0.05) is 5.92 Å². The van der Waals surface area contributed by atoms with Gasteiger partial charge in [-0.1, -0.05) is 62.4 Å². The van der Waals surface area contributed by atoms with E-state index < -0.39 is 17.5 Å². The topological polar surface area (TPSA) is 89.6 Å². The first-order valence-corrected chi connectivity index (χ1v) is 8.72. The van der Waals surface area contributed by atoms with Crippen LogP contribution in [0.5, 0.6) is 0 Å². The van der Waals surface area contributed by atoms with Crippen LogP contribution in [0.25, 0.3) is 11.1 Å². The first kappa shape index (κ1) is 18.1. The number of carbonyl (C=O) groups excluding carboxylic acids is 1. The van der Waals surface area contributed by atoms with E-state index in [0.717, 1.165) is 22.3 Å². The van der Waals surface area contributed by atoms with E-state index >= 15 is 0 Å². The largest absolute Gasteiger partial charge is 0.479 e. The van der Waals surface area contributed by atoms with Gasteiger partial charge in [0.15, 0.2) is 0 Å². The molecule has 3 rings (SSSR count). The van der Waals surface area contributed by atoms with Crippen molar-refractivity contribution < 1.29 is 19.4 Å². The van der Waals surface area contributed by atoms with Gasteiger partial charge in [0.1, 0.15) is 6.61 Å². The molecule has 0 aromatic heterocycles. The Balaban J connectivity index is 1.83. The molecule has 0 unspecified atom stereocenters. The number of carbonyl (C=O) groups is 2. The Morgan fingerprint density at radius 2 is 1.58 bits per heavy atom. The summed E-state index contributed by atoms with van der Waals surface area (Å²) in [5, 5.41) is 9.43. The fourth-order valence-electron chi connectivity index (χ4n) is 3.63. The van der Waals surface area contributed by atoms with Crippen molar-refractivity contribution >= 4 is 11.9 Å². The molecule has 0 fully saturated rings. The minimum atomic E-state index is -2.02. The van der Waals surface area contributed by atoms with Crippen LogP contribution >= 0.6 is 0 Å². The average molecular weight is 353 g/mol. The Labute approximate surface area is 152 Å². The first-order chi connectivity index (χ1) is 12.3. The number of esters is 1. The lowest BCUT2D eigenvalue weighted by Gasteiger charge is -2.25. The molecule has 0 saturated carbocycles. The second-order valence-corrected chi connectivity index (χ2v) is 7.20. The monoisotopic (exact) mass is 353 g/mol. The van der Waals surface area contributed by atoms with Crippen molar-refractivity contribution in [2.75, 3.05) is 6.61 Å². The molecular weight excluding hydrogens is 330 g/mol. The molecule has 2 aromatic carbocycles. The molecule has 0 heterocycles. The van der Waals surface area contributed by atoms with Gasteiger partial charge >= 0.3 is 11.9 Å². The van der Waals surface area contributed by atoms with Gasteiger partial charge in [0.25, 0.3) is 0 Å². The summed E-state index contributed by atoms with van der Waals surface area (Å²) in [6, 6.07) is 15.9. The normalized spacial score (nSPS) is 15.2. The number of benzene rings is 2. The molecule has 2 aromatic rings. The van der Waals surface area contributed by atoms with E-state index in [4.69, 9.17) is 10.5 Å². The third kappa shape index (κ3) is 3.10. The van der Waals surface area contributed by atoms with E-state index in [2.05, 4.69) is 0 Å². The van der Waals surface area contributed by atoms with Crippen molar-refractivity contribution in [3.63, 3.8) is 0 Å². The van der Waals surface area contributed by atoms with Gasteiger partial charge < -0.3 is 15.6 Å². The Morgan fingerprint density at radius 3 is 2.04 bits per heavy atom. The number of aliphatic carboxylic acids is 1. The van der Waals surface area contributed by atoms with E-state index in [1.807, 2.05) is 62.4 Å². The van der Waals surface area contributed by atoms with Crippen molar-refractivity contribution in [1.29, 1.82) is 0 Å². The Morgan fingerprint density at radius 1 is 1.08 bits per heavy atom. The number of ether oxygens (including phenoxy) is 1. The molecule has 1 atom stereocenters. The van der Waals surface area contributed by atoms with Crippen molar-refractivity contribution in [1.82, 2.24) is 0 Å². The van der Waals surface area contributed by atoms with Crippen LogP contribution in [-0.4, -0.2) is 29.2 Å². The predicted octanol–water partition coefficient (Wildman–Crippen LogP) is 3.17. The van der Waals surface area contributed by atoms with Gasteiger partial charge in [0.2, 0.25) is 5.54 Å². The Bertz CT molecular complexity index is 800. The number of hydrogen-bond donors (Lipinski definition) is 2. The SMILES string of the molecule is CC(C)C[C@](N)(C(=O)O)C(=O)OCC1c2ccccc2-c2ccccc21. The van der Waals surface area contributed by atoms with Crippen LogP contribution in [0.15, 0.2) is 48.5 Å². The zero-order chi connectivity index (χ0) is 18.9. The quantitative estimate of drug-likeness (QED) is 0.615. The molecule has 5 nitrogen and oxygen atoms in total. The molecule has 1 aliphatic rings. The first-order valence-electron chi connectivity index (χ1n) is 8.72. The molecule has 3 N–H and O–H groups in total. The minimum Gasteiger partial charge on any atom is -0.479 e. The second kappa shape index (κ2) is 6.92. The maximum Gasteiger partial charge on any atom is 0.337 e. The predicted molar refractivity (Wildman–Crippen MR) is 98.7 cm³/mol. The summed E-state index contributed by atoms with van der Waals surface area (Å²) < 4.78 is 5.42. The van der Waals surface area contributed by atoms with Gasteiger partial charge in [0.05, 0.1) is 0 Å². The number of nitrogens with two attached hydrogens (primary N) is 1. The van der Waals surface area contributed by atoms with E-state index in [9.17, 15) is 14.7 Å². The van der Waals surface area contributed by atoms with Crippen molar-refractivity contribution in [2.24, 2.45) is 11.7 Å². The van der Waals surface area contributed by atoms with Crippen molar-refractivity contribution in [2.45, 2.75) is 31.7 Å². The van der Waals surface area contributed by atoms with Crippen LogP contribution in [0.1, 0.15) is 37.3 Å². The van der Waals surface area contributed by atoms with Gasteiger partial charge in [-0.2, -0.15) is 0 Å². The maximum absolute atomic E-state index is 12.5. The van der Waals surface area contributed by atoms with Crippen molar-refractivity contribution in [3.05, 3.63) is 59.7 Å². The Kier molecular flexibility index (Phi) is 4.83. The zero-order valence-corrected chi connectivity index (χ0v) is 14.9. The number of rotatable bonds is 6. The molecule has 0 radical (unpaired) electrons. The van der Waals surface area contributed by atoms with E-state index in [1.54, 1.807) is 0 Å². The van der Waals surface area contributed by atoms with Crippen LogP contribution in [0, 0.1) is 5.92 Å². The molecule has 0 aliphatic heterocycles. The standard InChI is InChI=1S/C21H23NO4/c1-13(2)11-21(22,19(23)24)20(25)26-12-18-16-9-5-3-7-14(16)15-8-4-6-10-17(15)18/h3-10,13,18H,11-12,22H2,1-2H3,(H,23,24)/t21-/m0/s1. The van der Waals surface area contributed by atoms with Gasteiger partial charge in [-0.15, -0.1) is 0 Å². The maximum atomic E-state index is 12.5. The highest BCUT2D eigenvalue weighted by molar-refractivity contribution is 6.03. The molecule has 0 bridgehead atoms. The molecule has 26 heavy (non-hydrogen) atoms. The molecule has 5 heteroatoms. The molecule has 0 spiro atoms. The second-order valence-electron chi connectivity index (χ2n) is 7.20. The number of carboxylic acids is 1. The van der Waals surface area contributed by atoms with Gasteiger partial charge in [-0.05, 0) is 34.6 Å². The highest BCUT2D eigenvalue weighted by atomic mass is 16.5. The number of fused-ring (bicyclic) bond motifs is 3. The van der Waals surface area contributed by atoms with Crippen LogP contribution < -0.4 is 5.73 Å². The summed E-state index contributed by atoms with van der Waals surface area (Å²) in [6.07, 6.45) is 0.0268. The fraction of sp³-hybridized carbons (Fsp3) is 0.333. The van der Waals surface area contributed by atoms with Crippen LogP contribution in [0.4, 0.5) is 0 Å². The molecule has 0 saturated heterocycles. The zero-order valence-electron chi connectivity index (χ0n) is 14.9. The fourth-order valence-corrected chi connectivity index (χ4v) is 3.63. The summed E-state index contributed by atoms with van der Waals surface area (Å²) in [4.78, 5) is 24.1. The van der Waals surface area contributed by atoms with E-state index in [0.29, 0.717) is 0 Å². The summed E-state index contributed by atoms with van der Waals surface area (Å²) in [6.45, 7) is 3.71. The molecule has 1 aliphatic carbocycles. The smallest absolute Gasteiger partial charge is 0.337 e. The van der Waals surface area contributed by atoms with Gasteiger partial charge in [-0.25, -0.2) is 9.59 Å². The summed E-state index contributed by atoms with van der Waals surface area (Å²) in [5.74, 6) is -2.41. The van der Waals surface area contributed by atoms with Crippen LogP contribution in [0.3, 0.4) is 0 Å². The Hall–Kier alpha value is -2.66. The third-order valence-corrected chi connectivity index (χ3v) is 4.82. The summed E-state index contributed by atoms with van der Waals surface area (Å²) >= 11 is 0. The number of hydrogen-bond acceptors (Lipinski definition) is 4. The van der Waals surface area contributed by atoms with Crippen LogP contribution in [0.2, 0.25) is 0 Å². The van der Waals surface area contributed by atoms with Crippen molar-refractivity contribution in [3.8, 4) is 11.1 Å². The lowest BCUT2D eigenvalue weighted by Crippen LogP contribution is -2.56. The lowest BCUT2D eigenvalue weighted by molar-refractivity contribution is -0.162.